The molecule has 1 saturated heterocycles. The quantitative estimate of drug-likeness (QED) is 0.618. The third-order valence-corrected chi connectivity index (χ3v) is 5.64. The number of ether oxygens (including phenoxy) is 1. The second-order valence-electron chi connectivity index (χ2n) is 6.94. The number of morpholine rings is 1. The van der Waals surface area contributed by atoms with E-state index in [1.165, 1.54) is 17.4 Å². The van der Waals surface area contributed by atoms with Crippen LogP contribution in [0.25, 0.3) is 0 Å². The normalized spacial score (nSPS) is 16.8. The van der Waals surface area contributed by atoms with Gasteiger partial charge in [0.2, 0.25) is 0 Å². The van der Waals surface area contributed by atoms with Crippen LogP contribution in [0, 0.1) is 11.6 Å². The summed E-state index contributed by atoms with van der Waals surface area (Å²) in [6.45, 7) is 2.86. The summed E-state index contributed by atoms with van der Waals surface area (Å²) >= 11 is 1.32. The molecule has 2 aromatic rings. The van der Waals surface area contributed by atoms with Crippen molar-refractivity contribution in [3.05, 3.63) is 57.3 Å². The van der Waals surface area contributed by atoms with Gasteiger partial charge >= 0.3 is 6.03 Å². The lowest BCUT2D eigenvalue weighted by Gasteiger charge is -2.33. The SMILES string of the molecule is CNC(=O)c1cc(CNC(=O)NC[C@H]2CN(Cc3ccc(F)c(F)c3)CCO2)cs1. The Labute approximate surface area is 177 Å². The van der Waals surface area contributed by atoms with Gasteiger partial charge in [0.05, 0.1) is 17.6 Å². The van der Waals surface area contributed by atoms with Crippen molar-refractivity contribution in [2.45, 2.75) is 19.2 Å². The largest absolute Gasteiger partial charge is 0.374 e. The number of carbonyl (C=O) groups is 2. The second-order valence-corrected chi connectivity index (χ2v) is 7.85. The molecule has 1 aromatic heterocycles. The molecule has 0 radical (unpaired) electrons. The maximum absolute atomic E-state index is 13.4. The van der Waals surface area contributed by atoms with Crippen molar-refractivity contribution in [2.24, 2.45) is 0 Å². The third kappa shape index (κ3) is 6.22. The molecule has 0 saturated carbocycles. The lowest BCUT2D eigenvalue weighted by atomic mass is 10.1. The number of carbonyl (C=O) groups excluding carboxylic acids is 2. The van der Waals surface area contributed by atoms with Gasteiger partial charge in [-0.15, -0.1) is 11.3 Å². The zero-order chi connectivity index (χ0) is 21.5. The highest BCUT2D eigenvalue weighted by molar-refractivity contribution is 7.12. The van der Waals surface area contributed by atoms with Gasteiger partial charge in [0.15, 0.2) is 11.6 Å². The molecule has 3 N–H and O–H groups in total. The number of benzene rings is 1. The number of amides is 3. The number of nitrogens with zero attached hydrogens (tertiary/aromatic N) is 1. The Morgan fingerprint density at radius 3 is 2.80 bits per heavy atom. The Morgan fingerprint density at radius 1 is 1.20 bits per heavy atom. The molecule has 0 unspecified atom stereocenters. The maximum Gasteiger partial charge on any atom is 0.315 e. The van der Waals surface area contributed by atoms with Crippen LogP contribution < -0.4 is 16.0 Å². The summed E-state index contributed by atoms with van der Waals surface area (Å²) in [5, 5.41) is 9.91. The molecule has 0 bridgehead atoms. The summed E-state index contributed by atoms with van der Waals surface area (Å²) in [5.41, 5.74) is 1.53. The maximum atomic E-state index is 13.4. The first-order valence-corrected chi connectivity index (χ1v) is 10.4. The van der Waals surface area contributed by atoms with Gasteiger partial charge in [-0.25, -0.2) is 13.6 Å². The second kappa shape index (κ2) is 10.5. The van der Waals surface area contributed by atoms with Crippen LogP contribution >= 0.6 is 11.3 Å². The summed E-state index contributed by atoms with van der Waals surface area (Å²) in [7, 11) is 1.57. The lowest BCUT2D eigenvalue weighted by Crippen LogP contribution is -2.48. The standard InChI is InChI=1S/C20H24F2N4O3S/c1-23-19(27)18-7-14(12-30-18)8-24-20(28)25-9-15-11-26(4-5-29-15)10-13-2-3-16(21)17(22)6-13/h2-3,6-7,12,15H,4-5,8-11H2,1H3,(H,23,27)(H2,24,25,28)/t15-/m0/s1. The minimum absolute atomic E-state index is 0.155. The van der Waals surface area contributed by atoms with E-state index in [0.29, 0.717) is 49.8 Å². The average molecular weight is 439 g/mol. The molecule has 3 rings (SSSR count). The van der Waals surface area contributed by atoms with E-state index in [-0.39, 0.29) is 18.0 Å². The molecule has 0 aliphatic carbocycles. The monoisotopic (exact) mass is 438 g/mol. The fraction of sp³-hybridized carbons (Fsp3) is 0.400. The zero-order valence-electron chi connectivity index (χ0n) is 16.5. The van der Waals surface area contributed by atoms with E-state index in [1.54, 1.807) is 19.2 Å². The summed E-state index contributed by atoms with van der Waals surface area (Å²) in [4.78, 5) is 26.3. The molecule has 1 aliphatic heterocycles. The molecule has 7 nitrogen and oxygen atoms in total. The minimum atomic E-state index is -0.860. The Bertz CT molecular complexity index is 893. The molecule has 30 heavy (non-hydrogen) atoms. The highest BCUT2D eigenvalue weighted by atomic mass is 32.1. The van der Waals surface area contributed by atoms with Crippen molar-refractivity contribution >= 4 is 23.3 Å². The predicted molar refractivity (Wildman–Crippen MR) is 109 cm³/mol. The number of urea groups is 1. The molecule has 3 amide bonds. The summed E-state index contributed by atoms with van der Waals surface area (Å²) in [6, 6.07) is 5.30. The van der Waals surface area contributed by atoms with Crippen LogP contribution in [0.3, 0.4) is 0 Å². The van der Waals surface area contributed by atoms with Crippen LogP contribution in [0.5, 0.6) is 0 Å². The lowest BCUT2D eigenvalue weighted by molar-refractivity contribution is -0.0287. The Hall–Kier alpha value is -2.56. The minimum Gasteiger partial charge on any atom is -0.374 e. The number of hydrogen-bond donors (Lipinski definition) is 3. The molecule has 10 heteroatoms. The smallest absolute Gasteiger partial charge is 0.315 e. The summed E-state index contributed by atoms with van der Waals surface area (Å²) in [5.74, 6) is -1.87. The van der Waals surface area contributed by atoms with Gasteiger partial charge in [-0.1, -0.05) is 6.07 Å². The fourth-order valence-corrected chi connectivity index (χ4v) is 3.96. The molecule has 0 spiro atoms. The van der Waals surface area contributed by atoms with Gasteiger partial charge < -0.3 is 20.7 Å². The fourth-order valence-electron chi connectivity index (χ4n) is 3.11. The number of rotatable bonds is 7. The molecule has 1 aliphatic rings. The highest BCUT2D eigenvalue weighted by Crippen LogP contribution is 2.15. The Balaban J connectivity index is 1.40. The number of hydrogen-bond acceptors (Lipinski definition) is 5. The van der Waals surface area contributed by atoms with Crippen LogP contribution in [0.2, 0.25) is 0 Å². The van der Waals surface area contributed by atoms with Gasteiger partial charge in [-0.05, 0) is 34.7 Å². The third-order valence-electron chi connectivity index (χ3n) is 4.66. The molecule has 1 fully saturated rings. The number of halogens is 2. The van der Waals surface area contributed by atoms with Crippen molar-refractivity contribution in [1.82, 2.24) is 20.9 Å². The molecule has 1 atom stereocenters. The van der Waals surface area contributed by atoms with Gasteiger partial charge in [0.1, 0.15) is 0 Å². The molecule has 162 valence electrons. The average Bonchev–Trinajstić information content (AvgIpc) is 3.22. The van der Waals surface area contributed by atoms with Gasteiger partial charge in [-0.3, -0.25) is 9.69 Å². The van der Waals surface area contributed by atoms with Gasteiger partial charge in [-0.2, -0.15) is 0 Å². The van der Waals surface area contributed by atoms with E-state index in [0.717, 1.165) is 11.6 Å². The van der Waals surface area contributed by atoms with Crippen LogP contribution in [-0.2, 0) is 17.8 Å². The van der Waals surface area contributed by atoms with Crippen molar-refractivity contribution in [1.29, 1.82) is 0 Å². The number of thiophene rings is 1. The first-order chi connectivity index (χ1) is 14.4. The van der Waals surface area contributed by atoms with Crippen LogP contribution in [0.4, 0.5) is 13.6 Å². The van der Waals surface area contributed by atoms with E-state index < -0.39 is 11.6 Å². The van der Waals surface area contributed by atoms with E-state index >= 15 is 0 Å². The van der Waals surface area contributed by atoms with Crippen molar-refractivity contribution < 1.29 is 23.1 Å². The van der Waals surface area contributed by atoms with Crippen LogP contribution in [-0.4, -0.2) is 56.2 Å². The van der Waals surface area contributed by atoms with Crippen molar-refractivity contribution in [3.8, 4) is 0 Å². The molecule has 1 aromatic carbocycles. The molecule has 2 heterocycles. The summed E-state index contributed by atoms with van der Waals surface area (Å²) in [6.07, 6.45) is -0.198. The van der Waals surface area contributed by atoms with Crippen molar-refractivity contribution in [3.63, 3.8) is 0 Å². The van der Waals surface area contributed by atoms with Crippen LogP contribution in [0.15, 0.2) is 29.6 Å². The first-order valence-electron chi connectivity index (χ1n) is 9.53. The van der Waals surface area contributed by atoms with Gasteiger partial charge in [0, 0.05) is 39.8 Å². The van der Waals surface area contributed by atoms with E-state index in [1.807, 2.05) is 5.38 Å². The van der Waals surface area contributed by atoms with E-state index in [4.69, 9.17) is 4.74 Å². The van der Waals surface area contributed by atoms with E-state index in [2.05, 4.69) is 20.9 Å². The first kappa shape index (κ1) is 22.1. The molecular formula is C20H24F2N4O3S. The topological polar surface area (TPSA) is 82.7 Å². The predicted octanol–water partition coefficient (Wildman–Crippen LogP) is 2.09. The highest BCUT2D eigenvalue weighted by Gasteiger charge is 2.21. The summed E-state index contributed by atoms with van der Waals surface area (Å²) < 4.78 is 32.1. The molecular weight excluding hydrogens is 414 g/mol. The zero-order valence-corrected chi connectivity index (χ0v) is 17.4. The Kier molecular flexibility index (Phi) is 7.72. The Morgan fingerprint density at radius 2 is 2.03 bits per heavy atom. The van der Waals surface area contributed by atoms with Crippen LogP contribution in [0.1, 0.15) is 20.8 Å². The van der Waals surface area contributed by atoms with Gasteiger partial charge in [0.25, 0.3) is 5.91 Å². The van der Waals surface area contributed by atoms with E-state index in [9.17, 15) is 18.4 Å². The number of nitrogens with one attached hydrogen (secondary N) is 3. The van der Waals surface area contributed by atoms with Crippen molar-refractivity contribution in [2.75, 3.05) is 33.3 Å².